The fourth-order valence-electron chi connectivity index (χ4n) is 4.17. The zero-order chi connectivity index (χ0) is 21.9. The molecule has 0 radical (unpaired) electrons. The number of aryl methyl sites for hydroxylation is 1. The van der Waals surface area contributed by atoms with E-state index in [1.54, 1.807) is 18.7 Å². The lowest BCUT2D eigenvalue weighted by Crippen LogP contribution is -2.28. The molecule has 5 rings (SSSR count). The van der Waals surface area contributed by atoms with E-state index in [4.69, 9.17) is 37.6 Å². The number of benzene rings is 1. The number of hydrogen-bond donors (Lipinski definition) is 2. The third kappa shape index (κ3) is 4.46. The monoisotopic (exact) mass is 470 g/mol. The lowest BCUT2D eigenvalue weighted by atomic mass is 9.95. The van der Waals surface area contributed by atoms with Crippen LogP contribution in [0.15, 0.2) is 47.4 Å². The summed E-state index contributed by atoms with van der Waals surface area (Å²) in [6, 6.07) is 7.42. The number of furan rings is 1. The van der Waals surface area contributed by atoms with Crippen molar-refractivity contribution in [2.75, 3.05) is 18.4 Å². The number of anilines is 1. The van der Waals surface area contributed by atoms with Crippen molar-refractivity contribution in [1.29, 1.82) is 0 Å². The smallest absolute Gasteiger partial charge is 0.225 e. The maximum atomic E-state index is 6.55. The first-order valence-electron chi connectivity index (χ1n) is 10.8. The van der Waals surface area contributed by atoms with Gasteiger partial charge in [-0.1, -0.05) is 29.3 Å². The Labute approximate surface area is 196 Å². The van der Waals surface area contributed by atoms with Crippen LogP contribution in [0.1, 0.15) is 24.8 Å². The molecule has 1 aliphatic heterocycles. The number of nitrogens with zero attached hydrogens (tertiary/aromatic N) is 4. The quantitative estimate of drug-likeness (QED) is 0.376. The Balaban J connectivity index is 1.52. The van der Waals surface area contributed by atoms with Gasteiger partial charge in [-0.25, -0.2) is 9.97 Å². The van der Waals surface area contributed by atoms with Crippen LogP contribution in [-0.4, -0.2) is 32.6 Å². The van der Waals surface area contributed by atoms with E-state index < -0.39 is 0 Å². The summed E-state index contributed by atoms with van der Waals surface area (Å²) < 4.78 is 7.27. The predicted octanol–water partition coefficient (Wildman–Crippen LogP) is 5.39. The summed E-state index contributed by atoms with van der Waals surface area (Å²) in [7, 11) is 0. The minimum atomic E-state index is 0.540. The molecule has 0 spiro atoms. The van der Waals surface area contributed by atoms with E-state index in [1.165, 1.54) is 12.8 Å². The molecule has 0 unspecified atom stereocenters. The van der Waals surface area contributed by atoms with Gasteiger partial charge in [0.15, 0.2) is 5.65 Å². The van der Waals surface area contributed by atoms with Crippen LogP contribution in [0.3, 0.4) is 0 Å². The van der Waals surface area contributed by atoms with E-state index in [2.05, 4.69) is 20.2 Å². The first-order valence-corrected chi connectivity index (χ1v) is 11.6. The number of aromatic nitrogens is 4. The first kappa shape index (κ1) is 21.2. The minimum absolute atomic E-state index is 0.540. The number of nitrogens with one attached hydrogen (secondary N) is 2. The first-order chi connectivity index (χ1) is 15.7. The van der Waals surface area contributed by atoms with Crippen LogP contribution in [0.4, 0.5) is 5.95 Å². The molecule has 1 saturated heterocycles. The van der Waals surface area contributed by atoms with Crippen molar-refractivity contribution in [3.05, 3.63) is 58.6 Å². The van der Waals surface area contributed by atoms with Crippen LogP contribution in [0.25, 0.3) is 22.6 Å². The molecule has 2 N–H and O–H groups in total. The van der Waals surface area contributed by atoms with Crippen molar-refractivity contribution in [3.63, 3.8) is 0 Å². The molecule has 1 aromatic carbocycles. The van der Waals surface area contributed by atoms with E-state index in [1.807, 2.05) is 24.3 Å². The van der Waals surface area contributed by atoms with Gasteiger partial charge in [-0.15, -0.1) is 0 Å². The van der Waals surface area contributed by atoms with Gasteiger partial charge in [-0.2, -0.15) is 4.98 Å². The van der Waals surface area contributed by atoms with Crippen LogP contribution in [-0.2, 0) is 13.1 Å². The number of fused-ring (bicyclic) bond motifs is 1. The Morgan fingerprint density at radius 3 is 2.69 bits per heavy atom. The molecule has 32 heavy (non-hydrogen) atoms. The van der Waals surface area contributed by atoms with Crippen LogP contribution < -0.4 is 10.6 Å². The van der Waals surface area contributed by atoms with Gasteiger partial charge < -0.3 is 19.6 Å². The largest absolute Gasteiger partial charge is 0.472 e. The highest BCUT2D eigenvalue weighted by Crippen LogP contribution is 2.36. The summed E-state index contributed by atoms with van der Waals surface area (Å²) in [4.78, 5) is 14.1. The molecule has 7 nitrogen and oxygen atoms in total. The third-order valence-corrected chi connectivity index (χ3v) is 6.55. The molecule has 9 heteroatoms. The summed E-state index contributed by atoms with van der Waals surface area (Å²) in [6.45, 7) is 3.51. The molecule has 4 aromatic rings. The summed E-state index contributed by atoms with van der Waals surface area (Å²) in [6.07, 6.45) is 8.50. The SMILES string of the molecule is Clc1cccc(Cl)c1-c1nc2cnc(NCc3ccoc3)nc2n1CCC1CCNCC1. The zero-order valence-electron chi connectivity index (χ0n) is 17.5. The van der Waals surface area contributed by atoms with Gasteiger partial charge in [0.2, 0.25) is 5.95 Å². The Morgan fingerprint density at radius 1 is 1.12 bits per heavy atom. The Hall–Kier alpha value is -2.61. The molecule has 0 amide bonds. The van der Waals surface area contributed by atoms with Gasteiger partial charge in [0.25, 0.3) is 0 Å². The molecule has 0 bridgehead atoms. The van der Waals surface area contributed by atoms with Crippen molar-refractivity contribution in [2.24, 2.45) is 5.92 Å². The number of hydrogen-bond acceptors (Lipinski definition) is 6. The molecule has 3 aromatic heterocycles. The lowest BCUT2D eigenvalue weighted by molar-refractivity contribution is 0.339. The molecule has 0 atom stereocenters. The molecule has 0 saturated carbocycles. The number of halogens is 2. The van der Waals surface area contributed by atoms with E-state index >= 15 is 0 Å². The fourth-order valence-corrected chi connectivity index (χ4v) is 4.74. The molecule has 1 fully saturated rings. The minimum Gasteiger partial charge on any atom is -0.472 e. The lowest BCUT2D eigenvalue weighted by Gasteiger charge is -2.23. The van der Waals surface area contributed by atoms with Crippen LogP contribution in [0.2, 0.25) is 10.0 Å². The van der Waals surface area contributed by atoms with Gasteiger partial charge in [0.05, 0.1) is 34.3 Å². The molecular formula is C23H24Cl2N6O. The van der Waals surface area contributed by atoms with Crippen LogP contribution in [0.5, 0.6) is 0 Å². The second kappa shape index (κ2) is 9.48. The predicted molar refractivity (Wildman–Crippen MR) is 127 cm³/mol. The Kier molecular flexibility index (Phi) is 6.30. The van der Waals surface area contributed by atoms with Crippen LogP contribution >= 0.6 is 23.2 Å². The standard InChI is InChI=1S/C23H24Cl2N6O/c24-17-2-1-3-18(25)20(17)22-29-19-13-28-23(27-12-16-7-11-32-14-16)30-21(19)31(22)10-6-15-4-8-26-9-5-15/h1-3,7,11,13-15,26H,4-6,8-10,12H2,(H,27,28,30). The molecular weight excluding hydrogens is 447 g/mol. The zero-order valence-corrected chi connectivity index (χ0v) is 19.0. The highest BCUT2D eigenvalue weighted by Gasteiger charge is 2.21. The van der Waals surface area contributed by atoms with Crippen molar-refractivity contribution >= 4 is 40.3 Å². The molecule has 4 heterocycles. The average Bonchev–Trinajstić information content (AvgIpc) is 3.45. The fraction of sp³-hybridized carbons (Fsp3) is 0.348. The highest BCUT2D eigenvalue weighted by atomic mass is 35.5. The summed E-state index contributed by atoms with van der Waals surface area (Å²) >= 11 is 13.1. The van der Waals surface area contributed by atoms with Gasteiger partial charge in [-0.05, 0) is 56.5 Å². The molecule has 0 aliphatic carbocycles. The highest BCUT2D eigenvalue weighted by molar-refractivity contribution is 6.39. The van der Waals surface area contributed by atoms with Crippen LogP contribution in [0, 0.1) is 5.92 Å². The van der Waals surface area contributed by atoms with Gasteiger partial charge >= 0.3 is 0 Å². The Morgan fingerprint density at radius 2 is 1.94 bits per heavy atom. The maximum absolute atomic E-state index is 6.55. The second-order valence-electron chi connectivity index (χ2n) is 8.05. The van der Waals surface area contributed by atoms with E-state index in [9.17, 15) is 0 Å². The number of piperidine rings is 1. The number of imidazole rings is 1. The molecule has 166 valence electrons. The van der Waals surface area contributed by atoms with E-state index in [0.29, 0.717) is 28.5 Å². The van der Waals surface area contributed by atoms with Gasteiger partial charge in [-0.3, -0.25) is 0 Å². The molecule has 1 aliphatic rings. The summed E-state index contributed by atoms with van der Waals surface area (Å²) in [5.74, 6) is 1.94. The van der Waals surface area contributed by atoms with Gasteiger partial charge in [0.1, 0.15) is 11.3 Å². The second-order valence-corrected chi connectivity index (χ2v) is 8.87. The van der Waals surface area contributed by atoms with Gasteiger partial charge in [0, 0.05) is 18.7 Å². The normalized spacial score (nSPS) is 14.8. The van der Waals surface area contributed by atoms with E-state index in [0.717, 1.165) is 54.2 Å². The van der Waals surface area contributed by atoms with Crippen molar-refractivity contribution in [3.8, 4) is 11.4 Å². The third-order valence-electron chi connectivity index (χ3n) is 5.92. The van der Waals surface area contributed by atoms with Crippen molar-refractivity contribution < 1.29 is 4.42 Å². The van der Waals surface area contributed by atoms with Crippen molar-refractivity contribution in [2.45, 2.75) is 32.4 Å². The summed E-state index contributed by atoms with van der Waals surface area (Å²) in [5, 5.41) is 7.84. The Bertz CT molecular complexity index is 1180. The maximum Gasteiger partial charge on any atom is 0.225 e. The average molecular weight is 471 g/mol. The van der Waals surface area contributed by atoms with Crippen molar-refractivity contribution in [1.82, 2.24) is 24.8 Å². The summed E-state index contributed by atoms with van der Waals surface area (Å²) in [5.41, 5.74) is 3.24. The topological polar surface area (TPSA) is 80.8 Å². The number of rotatable bonds is 7. The van der Waals surface area contributed by atoms with E-state index in [-0.39, 0.29) is 0 Å².